The molecule has 0 saturated carbocycles. The number of hydrogen-bond acceptors (Lipinski definition) is 3. The van der Waals surface area contributed by atoms with E-state index in [-0.39, 0.29) is 11.8 Å². The minimum absolute atomic E-state index is 0.0825. The van der Waals surface area contributed by atoms with Gasteiger partial charge in [0.2, 0.25) is 5.91 Å². The molecular formula is C16H23NO3. The number of hydrogen-bond donors (Lipinski definition) is 1. The van der Waals surface area contributed by atoms with Crippen LogP contribution in [-0.4, -0.2) is 26.2 Å². The SMILES string of the molecule is COc1ccc2c(c1)C[C@H](C(=O)NCCC(C)C)CO2. The maximum absolute atomic E-state index is 12.1. The summed E-state index contributed by atoms with van der Waals surface area (Å²) in [5.41, 5.74) is 1.04. The van der Waals surface area contributed by atoms with Gasteiger partial charge in [-0.15, -0.1) is 0 Å². The van der Waals surface area contributed by atoms with E-state index in [4.69, 9.17) is 9.47 Å². The number of fused-ring (bicyclic) bond motifs is 1. The molecule has 1 aliphatic rings. The van der Waals surface area contributed by atoms with Crippen LogP contribution in [0, 0.1) is 11.8 Å². The first-order valence-electron chi connectivity index (χ1n) is 7.17. The number of methoxy groups -OCH3 is 1. The minimum atomic E-state index is -0.109. The predicted octanol–water partition coefficient (Wildman–Crippen LogP) is 2.41. The Morgan fingerprint density at radius 1 is 1.50 bits per heavy atom. The summed E-state index contributed by atoms with van der Waals surface area (Å²) >= 11 is 0. The molecule has 4 heteroatoms. The third-order valence-electron chi connectivity index (χ3n) is 3.57. The number of benzene rings is 1. The van der Waals surface area contributed by atoms with Crippen LogP contribution in [0.5, 0.6) is 11.5 Å². The molecule has 2 rings (SSSR count). The molecule has 1 amide bonds. The minimum Gasteiger partial charge on any atom is -0.497 e. The second-order valence-corrected chi connectivity index (χ2v) is 5.66. The van der Waals surface area contributed by atoms with Gasteiger partial charge in [0.05, 0.1) is 13.0 Å². The number of carbonyl (C=O) groups is 1. The maximum atomic E-state index is 12.1. The molecule has 0 fully saturated rings. The number of amides is 1. The Balaban J connectivity index is 1.94. The number of rotatable bonds is 5. The Morgan fingerprint density at radius 3 is 3.00 bits per heavy atom. The van der Waals surface area contributed by atoms with Crippen molar-refractivity contribution in [1.29, 1.82) is 0 Å². The Hall–Kier alpha value is -1.71. The quantitative estimate of drug-likeness (QED) is 0.899. The van der Waals surface area contributed by atoms with E-state index in [2.05, 4.69) is 19.2 Å². The van der Waals surface area contributed by atoms with Crippen LogP contribution in [0.15, 0.2) is 18.2 Å². The molecule has 1 atom stereocenters. The standard InChI is InChI=1S/C16H23NO3/c1-11(2)6-7-17-16(18)13-8-12-9-14(19-3)4-5-15(12)20-10-13/h4-5,9,11,13H,6-8,10H2,1-3H3,(H,17,18)/t13-/m0/s1. The highest BCUT2D eigenvalue weighted by molar-refractivity contribution is 5.79. The van der Waals surface area contributed by atoms with Crippen molar-refractivity contribution in [2.45, 2.75) is 26.7 Å². The fraction of sp³-hybridized carbons (Fsp3) is 0.562. The Morgan fingerprint density at radius 2 is 2.30 bits per heavy atom. The largest absolute Gasteiger partial charge is 0.497 e. The lowest BCUT2D eigenvalue weighted by Crippen LogP contribution is -2.38. The molecule has 1 aromatic rings. The molecule has 1 aliphatic heterocycles. The Kier molecular flexibility index (Phi) is 4.88. The van der Waals surface area contributed by atoms with Gasteiger partial charge in [-0.2, -0.15) is 0 Å². The molecule has 4 nitrogen and oxygen atoms in total. The zero-order chi connectivity index (χ0) is 14.5. The molecule has 1 aromatic carbocycles. The van der Waals surface area contributed by atoms with Crippen LogP contribution in [0.4, 0.5) is 0 Å². The number of nitrogens with one attached hydrogen (secondary N) is 1. The lowest BCUT2D eigenvalue weighted by molar-refractivity contribution is -0.126. The van der Waals surface area contributed by atoms with Gasteiger partial charge in [-0.05, 0) is 42.5 Å². The summed E-state index contributed by atoms with van der Waals surface area (Å²) in [6.07, 6.45) is 1.71. The van der Waals surface area contributed by atoms with E-state index in [1.165, 1.54) is 0 Å². The van der Waals surface area contributed by atoms with Crippen molar-refractivity contribution in [2.24, 2.45) is 11.8 Å². The average molecular weight is 277 g/mol. The molecule has 0 radical (unpaired) electrons. The van der Waals surface area contributed by atoms with Gasteiger partial charge < -0.3 is 14.8 Å². The highest BCUT2D eigenvalue weighted by Crippen LogP contribution is 2.30. The van der Waals surface area contributed by atoms with Crippen molar-refractivity contribution in [2.75, 3.05) is 20.3 Å². The summed E-state index contributed by atoms with van der Waals surface area (Å²) in [5, 5.41) is 2.99. The van der Waals surface area contributed by atoms with E-state index in [1.807, 2.05) is 18.2 Å². The zero-order valence-electron chi connectivity index (χ0n) is 12.4. The van der Waals surface area contributed by atoms with Crippen LogP contribution >= 0.6 is 0 Å². The number of carbonyl (C=O) groups excluding carboxylic acids is 1. The maximum Gasteiger partial charge on any atom is 0.226 e. The molecule has 0 saturated heterocycles. The van der Waals surface area contributed by atoms with Crippen LogP contribution in [0.25, 0.3) is 0 Å². The van der Waals surface area contributed by atoms with Crippen molar-refractivity contribution >= 4 is 5.91 Å². The second kappa shape index (κ2) is 6.64. The molecule has 1 heterocycles. The molecule has 20 heavy (non-hydrogen) atoms. The number of ether oxygens (including phenoxy) is 2. The van der Waals surface area contributed by atoms with E-state index in [9.17, 15) is 4.79 Å². The van der Waals surface area contributed by atoms with E-state index in [1.54, 1.807) is 7.11 Å². The highest BCUT2D eigenvalue weighted by atomic mass is 16.5. The Bertz CT molecular complexity index is 471. The van der Waals surface area contributed by atoms with Crippen molar-refractivity contribution in [3.63, 3.8) is 0 Å². The fourth-order valence-corrected chi connectivity index (χ4v) is 2.29. The summed E-state index contributed by atoms with van der Waals surface area (Å²) in [5.74, 6) is 2.23. The molecule has 110 valence electrons. The van der Waals surface area contributed by atoms with Crippen LogP contribution in [0.1, 0.15) is 25.8 Å². The van der Waals surface area contributed by atoms with Gasteiger partial charge in [0.25, 0.3) is 0 Å². The lowest BCUT2D eigenvalue weighted by atomic mass is 9.95. The van der Waals surface area contributed by atoms with Crippen molar-refractivity contribution in [3.8, 4) is 11.5 Å². The van der Waals surface area contributed by atoms with Gasteiger partial charge in [-0.1, -0.05) is 13.8 Å². The van der Waals surface area contributed by atoms with Crippen molar-refractivity contribution in [3.05, 3.63) is 23.8 Å². The Labute approximate surface area is 120 Å². The summed E-state index contributed by atoms with van der Waals surface area (Å²) < 4.78 is 10.9. The monoisotopic (exact) mass is 277 g/mol. The summed E-state index contributed by atoms with van der Waals surface area (Å²) in [4.78, 5) is 12.1. The van der Waals surface area contributed by atoms with E-state index < -0.39 is 0 Å². The molecule has 0 unspecified atom stereocenters. The first-order chi connectivity index (χ1) is 9.60. The first-order valence-corrected chi connectivity index (χ1v) is 7.17. The fourth-order valence-electron chi connectivity index (χ4n) is 2.29. The topological polar surface area (TPSA) is 47.6 Å². The molecule has 0 aromatic heterocycles. The zero-order valence-corrected chi connectivity index (χ0v) is 12.4. The van der Waals surface area contributed by atoms with Gasteiger partial charge in [-0.25, -0.2) is 0 Å². The van der Waals surface area contributed by atoms with Gasteiger partial charge in [-0.3, -0.25) is 4.79 Å². The van der Waals surface area contributed by atoms with Gasteiger partial charge in [0.1, 0.15) is 18.1 Å². The lowest BCUT2D eigenvalue weighted by Gasteiger charge is -2.25. The predicted molar refractivity (Wildman–Crippen MR) is 78.1 cm³/mol. The smallest absolute Gasteiger partial charge is 0.226 e. The normalized spacial score (nSPS) is 17.3. The molecular weight excluding hydrogens is 254 g/mol. The van der Waals surface area contributed by atoms with Crippen molar-refractivity contribution < 1.29 is 14.3 Å². The van der Waals surface area contributed by atoms with Crippen LogP contribution in [0.2, 0.25) is 0 Å². The summed E-state index contributed by atoms with van der Waals surface area (Å²) in [7, 11) is 1.64. The van der Waals surface area contributed by atoms with Crippen LogP contribution < -0.4 is 14.8 Å². The molecule has 1 N–H and O–H groups in total. The first kappa shape index (κ1) is 14.7. The van der Waals surface area contributed by atoms with Gasteiger partial charge >= 0.3 is 0 Å². The van der Waals surface area contributed by atoms with Crippen LogP contribution in [-0.2, 0) is 11.2 Å². The van der Waals surface area contributed by atoms with Crippen molar-refractivity contribution in [1.82, 2.24) is 5.32 Å². The summed E-state index contributed by atoms with van der Waals surface area (Å²) in [6.45, 7) is 5.49. The molecule has 0 bridgehead atoms. The molecule has 0 aliphatic carbocycles. The summed E-state index contributed by atoms with van der Waals surface area (Å²) in [6, 6.07) is 5.73. The van der Waals surface area contributed by atoms with Crippen LogP contribution in [0.3, 0.4) is 0 Å². The molecule has 0 spiro atoms. The van der Waals surface area contributed by atoms with E-state index in [0.717, 1.165) is 30.0 Å². The third-order valence-corrected chi connectivity index (χ3v) is 3.57. The van der Waals surface area contributed by atoms with Gasteiger partial charge in [0.15, 0.2) is 0 Å². The third kappa shape index (κ3) is 3.65. The van der Waals surface area contributed by atoms with Gasteiger partial charge in [0, 0.05) is 6.54 Å². The average Bonchev–Trinajstić information content (AvgIpc) is 2.45. The van der Waals surface area contributed by atoms with E-state index >= 15 is 0 Å². The second-order valence-electron chi connectivity index (χ2n) is 5.66. The van der Waals surface area contributed by atoms with E-state index in [0.29, 0.717) is 18.9 Å². The highest BCUT2D eigenvalue weighted by Gasteiger charge is 2.26.